The van der Waals surface area contributed by atoms with Crippen LogP contribution in [0, 0.1) is 11.6 Å². The van der Waals surface area contributed by atoms with Gasteiger partial charge in [0.2, 0.25) is 5.91 Å². The van der Waals surface area contributed by atoms with Gasteiger partial charge < -0.3 is 9.64 Å². The van der Waals surface area contributed by atoms with Crippen molar-refractivity contribution in [3.63, 3.8) is 0 Å². The van der Waals surface area contributed by atoms with Gasteiger partial charge in [-0.1, -0.05) is 18.0 Å². The van der Waals surface area contributed by atoms with Gasteiger partial charge in [0.25, 0.3) is 5.91 Å². The van der Waals surface area contributed by atoms with Crippen molar-refractivity contribution in [3.05, 3.63) is 53.1 Å². The van der Waals surface area contributed by atoms with Gasteiger partial charge >= 0.3 is 0 Å². The lowest BCUT2D eigenvalue weighted by molar-refractivity contribution is -0.131. The molecule has 1 aliphatic rings. The van der Waals surface area contributed by atoms with E-state index >= 15 is 0 Å². The van der Waals surface area contributed by atoms with Crippen LogP contribution in [-0.4, -0.2) is 77.4 Å². The number of hydrogen-bond donors (Lipinski definition) is 2. The van der Waals surface area contributed by atoms with Crippen molar-refractivity contribution in [2.24, 2.45) is 0 Å². The highest BCUT2D eigenvalue weighted by Gasteiger charge is 2.20. The summed E-state index contributed by atoms with van der Waals surface area (Å²) in [6.07, 6.45) is 3.33. The zero-order valence-electron chi connectivity index (χ0n) is 19.9. The molecule has 36 heavy (non-hydrogen) atoms. The van der Waals surface area contributed by atoms with Gasteiger partial charge in [-0.05, 0) is 74.3 Å². The van der Waals surface area contributed by atoms with Crippen LogP contribution >= 0.6 is 23.5 Å². The van der Waals surface area contributed by atoms with Crippen molar-refractivity contribution in [1.82, 2.24) is 19.6 Å². The lowest BCUT2D eigenvalue weighted by atomic mass is 10.1. The first-order valence-corrected chi connectivity index (χ1v) is 12.6. The molecule has 2 aromatic carbocycles. The number of carbonyl (C=O) groups excluding carboxylic acids is 2. The predicted molar refractivity (Wildman–Crippen MR) is 133 cm³/mol. The van der Waals surface area contributed by atoms with Crippen molar-refractivity contribution in [2.45, 2.75) is 24.2 Å². The van der Waals surface area contributed by atoms with Crippen molar-refractivity contribution in [3.8, 4) is 11.5 Å². The molecule has 0 bridgehead atoms. The number of likely N-dealkylation sites (tertiary alicyclic amines) is 1. The number of ether oxygens (including phenoxy) is 1. The van der Waals surface area contributed by atoms with Crippen LogP contribution in [0.15, 0.2) is 41.3 Å². The van der Waals surface area contributed by atoms with Gasteiger partial charge in [0.05, 0.1) is 13.1 Å². The molecule has 2 N–H and O–H groups in total. The highest BCUT2D eigenvalue weighted by atomic mass is 35.5. The first kappa shape index (κ1) is 28.1. The van der Waals surface area contributed by atoms with Gasteiger partial charge in [-0.25, -0.2) is 18.6 Å². The van der Waals surface area contributed by atoms with Crippen LogP contribution in [-0.2, 0) is 9.59 Å². The second kappa shape index (κ2) is 13.8. The van der Waals surface area contributed by atoms with E-state index < -0.39 is 23.3 Å². The normalized spacial score (nSPS) is 14.1. The molecule has 0 saturated carbocycles. The van der Waals surface area contributed by atoms with Crippen molar-refractivity contribution >= 4 is 35.4 Å². The Morgan fingerprint density at radius 3 is 2.36 bits per heavy atom. The zero-order valence-corrected chi connectivity index (χ0v) is 21.5. The van der Waals surface area contributed by atoms with E-state index in [0.29, 0.717) is 11.6 Å². The smallest absolute Gasteiger partial charge is 0.258 e. The van der Waals surface area contributed by atoms with Gasteiger partial charge in [0.15, 0.2) is 17.4 Å². The SMILES string of the molecule is CN(CCN(CC(=O)NO)Sc1cc(F)c(Oc2ccc(Cl)cc2)c(F)c1)C(=O)CN1CCCCC1. The summed E-state index contributed by atoms with van der Waals surface area (Å²) >= 11 is 6.75. The molecule has 0 atom stereocenters. The Balaban J connectivity index is 1.63. The Morgan fingerprint density at radius 1 is 1.11 bits per heavy atom. The number of nitrogens with zero attached hydrogens (tertiary/aromatic N) is 3. The molecule has 0 unspecified atom stereocenters. The summed E-state index contributed by atoms with van der Waals surface area (Å²) in [5.74, 6) is -2.94. The van der Waals surface area contributed by atoms with E-state index in [1.54, 1.807) is 17.4 Å². The van der Waals surface area contributed by atoms with Crippen molar-refractivity contribution in [2.75, 3.05) is 46.3 Å². The summed E-state index contributed by atoms with van der Waals surface area (Å²) in [6, 6.07) is 8.23. The lowest BCUT2D eigenvalue weighted by Gasteiger charge is -2.29. The maximum Gasteiger partial charge on any atom is 0.258 e. The molecule has 1 heterocycles. The molecule has 12 heteroatoms. The minimum absolute atomic E-state index is 0.0470. The van der Waals surface area contributed by atoms with Crippen LogP contribution in [0.2, 0.25) is 5.02 Å². The second-order valence-electron chi connectivity index (χ2n) is 8.41. The standard InChI is InChI=1S/C24H29ClF2N4O4S/c1-29(23(33)16-30-9-3-2-4-10-30)11-12-31(15-22(32)28-34)36-19-13-20(26)24(21(27)14-19)35-18-7-5-17(25)6-8-18/h5-8,13-14,34H,2-4,9-12,15-16H2,1H3,(H,28,32). The van der Waals surface area contributed by atoms with Gasteiger partial charge in [-0.3, -0.25) is 19.7 Å². The number of likely N-dealkylation sites (N-methyl/N-ethyl adjacent to an activating group) is 1. The number of nitrogens with one attached hydrogen (secondary N) is 1. The van der Waals surface area contributed by atoms with Crippen LogP contribution < -0.4 is 10.2 Å². The van der Waals surface area contributed by atoms with Gasteiger partial charge in [-0.2, -0.15) is 0 Å². The molecule has 1 aliphatic heterocycles. The van der Waals surface area contributed by atoms with E-state index in [9.17, 15) is 18.4 Å². The second-order valence-corrected chi connectivity index (χ2v) is 10.0. The molecule has 8 nitrogen and oxygen atoms in total. The van der Waals surface area contributed by atoms with Crippen molar-refractivity contribution < 1.29 is 28.3 Å². The number of hydrogen-bond acceptors (Lipinski definition) is 7. The maximum atomic E-state index is 14.7. The van der Waals surface area contributed by atoms with E-state index in [2.05, 4.69) is 4.90 Å². The van der Waals surface area contributed by atoms with Crippen LogP contribution in [0.5, 0.6) is 11.5 Å². The van der Waals surface area contributed by atoms with E-state index in [1.165, 1.54) is 35.0 Å². The van der Waals surface area contributed by atoms with Crippen LogP contribution in [0.25, 0.3) is 0 Å². The Labute approximate surface area is 218 Å². The summed E-state index contributed by atoms with van der Waals surface area (Å²) in [6.45, 7) is 2.35. The van der Waals surface area contributed by atoms with E-state index in [0.717, 1.165) is 50.0 Å². The largest absolute Gasteiger partial charge is 0.451 e. The molecule has 2 aromatic rings. The molecule has 0 radical (unpaired) electrons. The lowest BCUT2D eigenvalue weighted by Crippen LogP contribution is -2.43. The number of hydroxylamine groups is 1. The first-order chi connectivity index (χ1) is 17.2. The minimum Gasteiger partial charge on any atom is -0.451 e. The highest BCUT2D eigenvalue weighted by Crippen LogP contribution is 2.33. The average Bonchev–Trinajstić information content (AvgIpc) is 2.86. The summed E-state index contributed by atoms with van der Waals surface area (Å²) in [7, 11) is 1.67. The molecular weight excluding hydrogens is 514 g/mol. The number of benzene rings is 2. The topological polar surface area (TPSA) is 85.4 Å². The number of amides is 2. The van der Waals surface area contributed by atoms with Gasteiger partial charge in [-0.15, -0.1) is 0 Å². The number of rotatable bonds is 11. The van der Waals surface area contributed by atoms with Crippen LogP contribution in [0.1, 0.15) is 19.3 Å². The number of piperidine rings is 1. The molecule has 0 aliphatic carbocycles. The fraction of sp³-hybridized carbons (Fsp3) is 0.417. The fourth-order valence-corrected chi connectivity index (χ4v) is 4.72. The number of halogens is 3. The highest BCUT2D eigenvalue weighted by molar-refractivity contribution is 7.97. The molecule has 196 valence electrons. The Bertz CT molecular complexity index is 1020. The summed E-state index contributed by atoms with van der Waals surface area (Å²) in [5.41, 5.74) is 1.55. The monoisotopic (exact) mass is 542 g/mol. The minimum atomic E-state index is -0.923. The third-order valence-electron chi connectivity index (χ3n) is 5.60. The van der Waals surface area contributed by atoms with Crippen molar-refractivity contribution in [1.29, 1.82) is 0 Å². The van der Waals surface area contributed by atoms with Crippen LogP contribution in [0.4, 0.5) is 8.78 Å². The maximum absolute atomic E-state index is 14.7. The Kier molecular flexibility index (Phi) is 10.7. The average molecular weight is 543 g/mol. The predicted octanol–water partition coefficient (Wildman–Crippen LogP) is 4.17. The summed E-state index contributed by atoms with van der Waals surface area (Å²) in [4.78, 5) is 28.2. The third-order valence-corrected chi connectivity index (χ3v) is 6.87. The molecule has 0 spiro atoms. The number of carbonyl (C=O) groups is 2. The quantitative estimate of drug-likeness (QED) is 0.250. The zero-order chi connectivity index (χ0) is 26.1. The molecular formula is C24H29ClF2N4O4S. The molecule has 2 amide bonds. The van der Waals surface area contributed by atoms with Gasteiger partial charge in [0.1, 0.15) is 5.75 Å². The molecule has 3 rings (SSSR count). The van der Waals surface area contributed by atoms with E-state index in [-0.39, 0.29) is 36.2 Å². The fourth-order valence-electron chi connectivity index (χ4n) is 3.62. The summed E-state index contributed by atoms with van der Waals surface area (Å²) in [5, 5.41) is 9.39. The molecule has 0 aromatic heterocycles. The van der Waals surface area contributed by atoms with Gasteiger partial charge in [0, 0.05) is 30.1 Å². The van der Waals surface area contributed by atoms with E-state index in [4.69, 9.17) is 21.5 Å². The Morgan fingerprint density at radius 2 is 1.75 bits per heavy atom. The third kappa shape index (κ3) is 8.59. The molecule has 1 saturated heterocycles. The molecule has 1 fully saturated rings. The van der Waals surface area contributed by atoms with Crippen LogP contribution in [0.3, 0.4) is 0 Å². The Hall–Kier alpha value is -2.44. The van der Waals surface area contributed by atoms with E-state index in [1.807, 2.05) is 0 Å². The summed E-state index contributed by atoms with van der Waals surface area (Å²) < 4.78 is 36.2. The first-order valence-electron chi connectivity index (χ1n) is 11.5.